The average Bonchev–Trinajstić information content (AvgIpc) is 1.98. The Balaban J connectivity index is 4.37. The number of hydrazine groups is 1. The first-order valence-electron chi connectivity index (χ1n) is 3.88. The van der Waals surface area contributed by atoms with Crippen molar-refractivity contribution in [3.05, 3.63) is 12.0 Å². The topological polar surface area (TPSA) is 44.9 Å². The Labute approximate surface area is 74.3 Å². The molecule has 4 nitrogen and oxygen atoms in total. The summed E-state index contributed by atoms with van der Waals surface area (Å²) in [7, 11) is 3.80. The first-order valence-corrected chi connectivity index (χ1v) is 3.88. The highest BCUT2D eigenvalue weighted by Crippen LogP contribution is 2.01. The lowest BCUT2D eigenvalue weighted by Gasteiger charge is -2.21. The van der Waals surface area contributed by atoms with Gasteiger partial charge in [0.05, 0.1) is 6.20 Å². The zero-order valence-electron chi connectivity index (χ0n) is 8.28. The number of hydrogen-bond acceptors (Lipinski definition) is 4. The van der Waals surface area contributed by atoms with E-state index in [1.54, 1.807) is 11.2 Å². The number of nitrogens with zero attached hydrogens (tertiary/aromatic N) is 3. The van der Waals surface area contributed by atoms with E-state index in [9.17, 15) is 0 Å². The smallest absolute Gasteiger partial charge is 0.144 e. The van der Waals surface area contributed by atoms with Crippen LogP contribution in [0.5, 0.6) is 0 Å². The molecule has 12 heavy (non-hydrogen) atoms. The molecule has 0 radical (unpaired) electrons. The van der Waals surface area contributed by atoms with Crippen LogP contribution in [0.2, 0.25) is 0 Å². The van der Waals surface area contributed by atoms with Crippen LogP contribution in [0.15, 0.2) is 17.0 Å². The number of rotatable bonds is 4. The number of nitrogens with two attached hydrogens (primary N) is 1. The van der Waals surface area contributed by atoms with Gasteiger partial charge in [-0.15, -0.1) is 0 Å². The van der Waals surface area contributed by atoms with Crippen molar-refractivity contribution >= 4 is 6.72 Å². The van der Waals surface area contributed by atoms with Crippen molar-refractivity contribution < 1.29 is 0 Å². The predicted octanol–water partition coefficient (Wildman–Crippen LogP) is 0.632. The largest absolute Gasteiger partial charge is 0.362 e. The molecule has 0 saturated carbocycles. The van der Waals surface area contributed by atoms with Gasteiger partial charge in [-0.05, 0) is 20.6 Å². The van der Waals surface area contributed by atoms with Crippen molar-refractivity contribution in [2.45, 2.75) is 19.9 Å². The molecule has 0 heterocycles. The quantitative estimate of drug-likeness (QED) is 0.382. The van der Waals surface area contributed by atoms with Crippen LogP contribution in [0.1, 0.15) is 13.8 Å². The van der Waals surface area contributed by atoms with E-state index in [4.69, 9.17) is 5.84 Å². The standard InChI is InChI=1S/C8H18N4/c1-7(2)12(9)6-8(10-3)11(4)5/h6-7H,3,9H2,1-2,4-5H3/b8-6+. The Hall–Kier alpha value is -1.03. The van der Waals surface area contributed by atoms with Crippen molar-refractivity contribution in [1.82, 2.24) is 9.91 Å². The predicted molar refractivity (Wildman–Crippen MR) is 52.5 cm³/mol. The van der Waals surface area contributed by atoms with Crippen LogP contribution in [0, 0.1) is 0 Å². The van der Waals surface area contributed by atoms with Crippen LogP contribution in [0.3, 0.4) is 0 Å². The molecule has 4 heteroatoms. The molecule has 0 spiro atoms. The summed E-state index contributed by atoms with van der Waals surface area (Å²) in [6.45, 7) is 7.47. The van der Waals surface area contributed by atoms with Gasteiger partial charge in [-0.3, -0.25) is 0 Å². The molecule has 0 aromatic carbocycles. The Bertz CT molecular complexity index is 172. The van der Waals surface area contributed by atoms with E-state index in [1.807, 2.05) is 32.8 Å². The molecule has 0 saturated heterocycles. The molecule has 0 aromatic heterocycles. The van der Waals surface area contributed by atoms with Gasteiger partial charge in [0.15, 0.2) is 0 Å². The third-order valence-corrected chi connectivity index (χ3v) is 1.48. The van der Waals surface area contributed by atoms with E-state index in [0.29, 0.717) is 0 Å². The highest BCUT2D eigenvalue weighted by molar-refractivity contribution is 5.28. The van der Waals surface area contributed by atoms with Gasteiger partial charge in [-0.1, -0.05) is 0 Å². The second-order valence-corrected chi connectivity index (χ2v) is 3.08. The normalized spacial score (nSPS) is 11.7. The SMILES string of the molecule is C=N/C(=C\N(N)C(C)C)N(C)C. The van der Waals surface area contributed by atoms with Gasteiger partial charge in [-0.2, -0.15) is 0 Å². The first-order chi connectivity index (χ1) is 5.49. The number of hydrogen-bond donors (Lipinski definition) is 1. The Morgan fingerprint density at radius 2 is 2.00 bits per heavy atom. The van der Waals surface area contributed by atoms with Crippen LogP contribution < -0.4 is 5.84 Å². The summed E-state index contributed by atoms with van der Waals surface area (Å²) in [6, 6.07) is 0.265. The molecule has 0 amide bonds. The zero-order valence-corrected chi connectivity index (χ0v) is 8.28. The van der Waals surface area contributed by atoms with E-state index in [-0.39, 0.29) is 6.04 Å². The monoisotopic (exact) mass is 170 g/mol. The summed E-state index contributed by atoms with van der Waals surface area (Å²) in [4.78, 5) is 5.68. The lowest BCUT2D eigenvalue weighted by Crippen LogP contribution is -2.33. The molecule has 0 unspecified atom stereocenters. The minimum absolute atomic E-state index is 0.265. The molecule has 70 valence electrons. The number of aliphatic imine (C=N–C) groups is 1. The average molecular weight is 170 g/mol. The van der Waals surface area contributed by atoms with Crippen LogP contribution in [-0.2, 0) is 0 Å². The summed E-state index contributed by atoms with van der Waals surface area (Å²) in [6.07, 6.45) is 1.76. The van der Waals surface area contributed by atoms with Crippen molar-refractivity contribution in [2.75, 3.05) is 14.1 Å². The van der Waals surface area contributed by atoms with E-state index in [1.165, 1.54) is 0 Å². The lowest BCUT2D eigenvalue weighted by atomic mass is 10.4. The lowest BCUT2D eigenvalue weighted by molar-refractivity contribution is 0.311. The van der Waals surface area contributed by atoms with Crippen LogP contribution >= 0.6 is 0 Å². The van der Waals surface area contributed by atoms with Crippen LogP contribution in [-0.4, -0.2) is 36.8 Å². The van der Waals surface area contributed by atoms with Gasteiger partial charge in [0.25, 0.3) is 0 Å². The van der Waals surface area contributed by atoms with Gasteiger partial charge in [0, 0.05) is 20.1 Å². The molecule has 0 aliphatic carbocycles. The van der Waals surface area contributed by atoms with E-state index in [0.717, 1.165) is 5.82 Å². The van der Waals surface area contributed by atoms with Crippen molar-refractivity contribution in [3.8, 4) is 0 Å². The molecule has 0 aromatic rings. The van der Waals surface area contributed by atoms with E-state index < -0.39 is 0 Å². The second-order valence-electron chi connectivity index (χ2n) is 3.08. The molecule has 0 aliphatic heterocycles. The molecule has 0 aliphatic rings. The van der Waals surface area contributed by atoms with Gasteiger partial charge in [-0.25, -0.2) is 10.8 Å². The molecule has 0 fully saturated rings. The van der Waals surface area contributed by atoms with Crippen molar-refractivity contribution in [2.24, 2.45) is 10.8 Å². The maximum absolute atomic E-state index is 5.67. The Morgan fingerprint density at radius 3 is 2.25 bits per heavy atom. The van der Waals surface area contributed by atoms with Gasteiger partial charge in [0.1, 0.15) is 5.82 Å². The third-order valence-electron chi connectivity index (χ3n) is 1.48. The molecular formula is C8H18N4. The summed E-state index contributed by atoms with van der Waals surface area (Å²) >= 11 is 0. The molecule has 2 N–H and O–H groups in total. The molecular weight excluding hydrogens is 152 g/mol. The summed E-state index contributed by atoms with van der Waals surface area (Å²) < 4.78 is 0. The fraction of sp³-hybridized carbons (Fsp3) is 0.625. The molecule has 0 bridgehead atoms. The van der Waals surface area contributed by atoms with Crippen molar-refractivity contribution in [1.29, 1.82) is 0 Å². The summed E-state index contributed by atoms with van der Waals surface area (Å²) in [5, 5.41) is 1.60. The van der Waals surface area contributed by atoms with Gasteiger partial charge >= 0.3 is 0 Å². The fourth-order valence-electron chi connectivity index (χ4n) is 0.580. The zero-order chi connectivity index (χ0) is 9.72. The third kappa shape index (κ3) is 3.39. The van der Waals surface area contributed by atoms with Gasteiger partial charge in [0.2, 0.25) is 0 Å². The maximum atomic E-state index is 5.67. The van der Waals surface area contributed by atoms with Crippen LogP contribution in [0.25, 0.3) is 0 Å². The minimum Gasteiger partial charge on any atom is -0.362 e. The first kappa shape index (κ1) is 11.0. The maximum Gasteiger partial charge on any atom is 0.144 e. The molecule has 0 atom stereocenters. The van der Waals surface area contributed by atoms with Crippen molar-refractivity contribution in [3.63, 3.8) is 0 Å². The van der Waals surface area contributed by atoms with E-state index in [2.05, 4.69) is 11.7 Å². The fourth-order valence-corrected chi connectivity index (χ4v) is 0.580. The Kier molecular flexibility index (Phi) is 4.36. The highest BCUT2D eigenvalue weighted by Gasteiger charge is 2.01. The van der Waals surface area contributed by atoms with Gasteiger partial charge < -0.3 is 9.91 Å². The Morgan fingerprint density at radius 1 is 1.50 bits per heavy atom. The summed E-state index contributed by atoms with van der Waals surface area (Å²) in [5.41, 5.74) is 0. The summed E-state index contributed by atoms with van der Waals surface area (Å²) in [5.74, 6) is 6.43. The van der Waals surface area contributed by atoms with E-state index >= 15 is 0 Å². The minimum atomic E-state index is 0.265. The second kappa shape index (κ2) is 4.77. The molecule has 0 rings (SSSR count). The highest BCUT2D eigenvalue weighted by atomic mass is 15.4. The van der Waals surface area contributed by atoms with Crippen LogP contribution in [0.4, 0.5) is 0 Å².